The second-order valence-corrected chi connectivity index (χ2v) is 8.05. The fourth-order valence-corrected chi connectivity index (χ4v) is 3.08. The van der Waals surface area contributed by atoms with E-state index in [1.54, 1.807) is 26.0 Å². The summed E-state index contributed by atoms with van der Waals surface area (Å²) < 4.78 is 18.0. The number of hydrogen-bond acceptors (Lipinski definition) is 4. The number of amides is 2. The van der Waals surface area contributed by atoms with Gasteiger partial charge >= 0.3 is 6.09 Å². The van der Waals surface area contributed by atoms with Gasteiger partial charge in [-0.3, -0.25) is 4.79 Å². The van der Waals surface area contributed by atoms with Crippen molar-refractivity contribution in [1.82, 2.24) is 10.6 Å². The highest BCUT2D eigenvalue weighted by atomic mass is 32.2. The van der Waals surface area contributed by atoms with E-state index in [-0.39, 0.29) is 29.8 Å². The summed E-state index contributed by atoms with van der Waals surface area (Å²) in [6, 6.07) is 5.50. The molecule has 26 heavy (non-hydrogen) atoms. The predicted octanol–water partition coefficient (Wildman–Crippen LogP) is 3.97. The number of ether oxygens (including phenoxy) is 1. The Morgan fingerprint density at radius 2 is 1.69 bits per heavy atom. The third-order valence-electron chi connectivity index (χ3n) is 3.36. The first-order valence-corrected chi connectivity index (χ1v) is 9.81. The van der Waals surface area contributed by atoms with E-state index in [9.17, 15) is 14.0 Å². The first-order valence-electron chi connectivity index (χ1n) is 8.83. The van der Waals surface area contributed by atoms with Crippen molar-refractivity contribution in [3.05, 3.63) is 30.1 Å². The zero-order valence-electron chi connectivity index (χ0n) is 16.0. The van der Waals surface area contributed by atoms with Gasteiger partial charge in [0.25, 0.3) is 0 Å². The predicted molar refractivity (Wildman–Crippen MR) is 103 cm³/mol. The van der Waals surface area contributed by atoms with Crippen molar-refractivity contribution < 1.29 is 18.7 Å². The van der Waals surface area contributed by atoms with Crippen molar-refractivity contribution in [3.8, 4) is 0 Å². The van der Waals surface area contributed by atoms with Crippen LogP contribution < -0.4 is 10.6 Å². The van der Waals surface area contributed by atoms with Crippen molar-refractivity contribution in [3.63, 3.8) is 0 Å². The van der Waals surface area contributed by atoms with Crippen LogP contribution in [0.25, 0.3) is 0 Å². The lowest BCUT2D eigenvalue weighted by atomic mass is 10.0. The molecule has 146 valence electrons. The van der Waals surface area contributed by atoms with Gasteiger partial charge < -0.3 is 15.4 Å². The topological polar surface area (TPSA) is 67.4 Å². The third kappa shape index (κ3) is 9.08. The second kappa shape index (κ2) is 11.1. The molecular weight excluding hydrogens is 355 g/mol. The molecule has 1 rings (SSSR count). The molecule has 2 amide bonds. The maximum absolute atomic E-state index is 12.9. The fraction of sp³-hybridized carbons (Fsp3) is 0.579. The summed E-state index contributed by atoms with van der Waals surface area (Å²) in [6.07, 6.45) is -0.311. The SMILES string of the molecule is CC(C)CC(NC(=O)OC(C)C)C(=O)NC(C)CSc1ccc(F)cc1. The van der Waals surface area contributed by atoms with Gasteiger partial charge in [0, 0.05) is 16.7 Å². The summed E-state index contributed by atoms with van der Waals surface area (Å²) in [7, 11) is 0. The zero-order valence-corrected chi connectivity index (χ0v) is 16.9. The summed E-state index contributed by atoms with van der Waals surface area (Å²) in [4.78, 5) is 25.3. The van der Waals surface area contributed by atoms with Gasteiger partial charge in [-0.15, -0.1) is 11.8 Å². The second-order valence-electron chi connectivity index (χ2n) is 6.96. The van der Waals surface area contributed by atoms with E-state index >= 15 is 0 Å². The standard InChI is InChI=1S/C19H29FN2O3S/c1-12(2)10-17(22-19(24)25-13(3)4)18(23)21-14(5)11-26-16-8-6-15(20)7-9-16/h6-9,12-14,17H,10-11H2,1-5H3,(H,21,23)(H,22,24). The van der Waals surface area contributed by atoms with Crippen LogP contribution in [0.2, 0.25) is 0 Å². The number of halogens is 1. The number of rotatable bonds is 9. The molecule has 0 fully saturated rings. The Morgan fingerprint density at radius 1 is 1.08 bits per heavy atom. The first-order chi connectivity index (χ1) is 12.2. The van der Waals surface area contributed by atoms with Crippen molar-refractivity contribution in [1.29, 1.82) is 0 Å². The van der Waals surface area contributed by atoms with Crippen LogP contribution in [-0.2, 0) is 9.53 Å². The number of carbonyl (C=O) groups excluding carboxylic acids is 2. The highest BCUT2D eigenvalue weighted by molar-refractivity contribution is 7.99. The average Bonchev–Trinajstić information content (AvgIpc) is 2.52. The normalized spacial score (nSPS) is 13.4. The highest BCUT2D eigenvalue weighted by Gasteiger charge is 2.24. The molecule has 1 aromatic rings. The smallest absolute Gasteiger partial charge is 0.408 e. The molecule has 0 aromatic heterocycles. The molecule has 0 aliphatic carbocycles. The highest BCUT2D eigenvalue weighted by Crippen LogP contribution is 2.19. The van der Waals surface area contributed by atoms with Crippen molar-refractivity contribution >= 4 is 23.8 Å². The largest absolute Gasteiger partial charge is 0.447 e. The van der Waals surface area contributed by atoms with E-state index in [1.165, 1.54) is 23.9 Å². The number of alkyl carbamates (subject to hydrolysis) is 1. The number of carbonyl (C=O) groups is 2. The summed E-state index contributed by atoms with van der Waals surface area (Å²) in [5.74, 6) is 0.384. The lowest BCUT2D eigenvalue weighted by Crippen LogP contribution is -2.50. The van der Waals surface area contributed by atoms with Gasteiger partial charge in [-0.25, -0.2) is 9.18 Å². The van der Waals surface area contributed by atoms with Crippen LogP contribution in [0.3, 0.4) is 0 Å². The minimum Gasteiger partial charge on any atom is -0.447 e. The molecule has 0 bridgehead atoms. The summed E-state index contributed by atoms with van der Waals surface area (Å²) in [5.41, 5.74) is 0. The van der Waals surface area contributed by atoms with E-state index in [4.69, 9.17) is 4.74 Å². The van der Waals surface area contributed by atoms with Gasteiger partial charge in [-0.1, -0.05) is 13.8 Å². The zero-order chi connectivity index (χ0) is 19.7. The minimum absolute atomic E-state index is 0.102. The first kappa shape index (κ1) is 22.3. The molecule has 0 aliphatic heterocycles. The average molecular weight is 385 g/mol. The summed E-state index contributed by atoms with van der Waals surface area (Å²) in [5, 5.41) is 5.56. The monoisotopic (exact) mass is 384 g/mol. The Kier molecular flexibility index (Phi) is 9.48. The van der Waals surface area contributed by atoms with E-state index in [0.717, 1.165) is 4.90 Å². The quantitative estimate of drug-likeness (QED) is 0.632. The van der Waals surface area contributed by atoms with E-state index in [2.05, 4.69) is 10.6 Å². The van der Waals surface area contributed by atoms with Gasteiger partial charge in [0.1, 0.15) is 11.9 Å². The molecule has 2 unspecified atom stereocenters. The van der Waals surface area contributed by atoms with Crippen LogP contribution in [0.15, 0.2) is 29.2 Å². The molecule has 0 aliphatic rings. The lowest BCUT2D eigenvalue weighted by Gasteiger charge is -2.23. The van der Waals surface area contributed by atoms with E-state index in [0.29, 0.717) is 12.2 Å². The van der Waals surface area contributed by atoms with Crippen molar-refractivity contribution in [2.75, 3.05) is 5.75 Å². The third-order valence-corrected chi connectivity index (χ3v) is 4.63. The van der Waals surface area contributed by atoms with Crippen molar-refractivity contribution in [2.45, 2.75) is 64.1 Å². The number of nitrogens with one attached hydrogen (secondary N) is 2. The number of hydrogen-bond donors (Lipinski definition) is 2. The maximum atomic E-state index is 12.9. The molecule has 2 atom stereocenters. The van der Waals surface area contributed by atoms with Crippen LogP contribution in [0, 0.1) is 11.7 Å². The van der Waals surface area contributed by atoms with Crippen LogP contribution in [0.1, 0.15) is 41.0 Å². The van der Waals surface area contributed by atoms with Crippen LogP contribution in [0.5, 0.6) is 0 Å². The van der Waals surface area contributed by atoms with Crippen LogP contribution >= 0.6 is 11.8 Å². The Balaban J connectivity index is 2.54. The van der Waals surface area contributed by atoms with Crippen LogP contribution in [0.4, 0.5) is 9.18 Å². The molecule has 2 N–H and O–H groups in total. The lowest BCUT2D eigenvalue weighted by molar-refractivity contribution is -0.124. The maximum Gasteiger partial charge on any atom is 0.408 e. The fourth-order valence-electron chi connectivity index (χ4n) is 2.23. The molecular formula is C19H29FN2O3S. The summed E-state index contributed by atoms with van der Waals surface area (Å²) in [6.45, 7) is 9.39. The molecule has 0 spiro atoms. The molecule has 0 radical (unpaired) electrons. The number of thioether (sulfide) groups is 1. The Hall–Kier alpha value is -1.76. The number of benzene rings is 1. The van der Waals surface area contributed by atoms with Gasteiger partial charge in [0.05, 0.1) is 6.10 Å². The van der Waals surface area contributed by atoms with Gasteiger partial charge in [0.15, 0.2) is 0 Å². The van der Waals surface area contributed by atoms with E-state index < -0.39 is 12.1 Å². The molecule has 0 saturated carbocycles. The van der Waals surface area contributed by atoms with Gasteiger partial charge in [-0.2, -0.15) is 0 Å². The Bertz CT molecular complexity index is 579. The molecule has 1 aromatic carbocycles. The Morgan fingerprint density at radius 3 is 2.23 bits per heavy atom. The molecule has 0 saturated heterocycles. The Labute approximate surface area is 159 Å². The molecule has 0 heterocycles. The molecule has 5 nitrogen and oxygen atoms in total. The van der Waals surface area contributed by atoms with Gasteiger partial charge in [0.2, 0.25) is 5.91 Å². The van der Waals surface area contributed by atoms with Crippen molar-refractivity contribution in [2.24, 2.45) is 5.92 Å². The van der Waals surface area contributed by atoms with E-state index in [1.807, 2.05) is 20.8 Å². The van der Waals surface area contributed by atoms with Gasteiger partial charge in [-0.05, 0) is 57.4 Å². The molecule has 7 heteroatoms. The van der Waals surface area contributed by atoms with Crippen LogP contribution in [-0.4, -0.2) is 35.9 Å². The minimum atomic E-state index is -0.639. The summed E-state index contributed by atoms with van der Waals surface area (Å²) >= 11 is 1.53.